The van der Waals surface area contributed by atoms with E-state index < -0.39 is 46.8 Å². The molecule has 0 bridgehead atoms. The Hall–Kier alpha value is -7.32. The number of benzene rings is 4. The Morgan fingerprint density at radius 3 is 0.961 bits per heavy atom. The van der Waals surface area contributed by atoms with E-state index in [9.17, 15) is 19.2 Å². The van der Waals surface area contributed by atoms with Crippen molar-refractivity contribution in [3.63, 3.8) is 0 Å². The van der Waals surface area contributed by atoms with Gasteiger partial charge in [-0.2, -0.15) is 0 Å². The Morgan fingerprint density at radius 2 is 0.684 bits per heavy atom. The Labute approximate surface area is 447 Å². The van der Waals surface area contributed by atoms with Crippen LogP contribution in [0.5, 0.6) is 23.0 Å². The van der Waals surface area contributed by atoms with E-state index in [-0.39, 0.29) is 38.2 Å². The Balaban J connectivity index is 1.55. The molecule has 0 unspecified atom stereocenters. The van der Waals surface area contributed by atoms with Crippen molar-refractivity contribution in [2.45, 2.75) is 131 Å². The highest BCUT2D eigenvalue weighted by Crippen LogP contribution is 2.35. The summed E-state index contributed by atoms with van der Waals surface area (Å²) < 4.78 is 46.1. The third kappa shape index (κ3) is 24.4. The van der Waals surface area contributed by atoms with Crippen LogP contribution in [0, 0.1) is 0 Å². The second-order valence-corrected chi connectivity index (χ2v) is 21.5. The molecule has 4 rings (SSSR count). The van der Waals surface area contributed by atoms with Crippen LogP contribution in [0.4, 0.5) is 19.2 Å². The van der Waals surface area contributed by atoms with E-state index in [0.29, 0.717) is 75.0 Å². The molecule has 0 aliphatic rings. The summed E-state index contributed by atoms with van der Waals surface area (Å²) in [5.41, 5.74) is 12.0. The van der Waals surface area contributed by atoms with Gasteiger partial charge in [0.1, 0.15) is 45.4 Å². The zero-order valence-electron chi connectivity index (χ0n) is 46.4. The molecule has 8 N–H and O–H groups in total. The standard InChI is InChI=1S/C56H80N8O12/c1-53(2,3)73-49(65)61-47(62-50(66)74-54(4,5)6)59-23-15-27-71-45-33-41(31-43(35-45)69-25-13-21-57)38-19-17-37-18-20-39(30-40(37)29-38)42-32-44(70-26-14-22-58)36-46(34-42)72-28-16-24-60-48(63-51(67)75-55(7,8)9)64-52(68)76-56(10,11)12/h17-20,29-36H,13-16,21-28,57-58H2,1-12H3,(H2,59,61,62,65,66)(H2,60,63,64,67,68). The summed E-state index contributed by atoms with van der Waals surface area (Å²) >= 11 is 0. The van der Waals surface area contributed by atoms with Gasteiger partial charge in [0.15, 0.2) is 0 Å². The number of hydrogen-bond acceptors (Lipinski definition) is 16. The molecule has 0 atom stereocenters. The van der Waals surface area contributed by atoms with Crippen molar-refractivity contribution in [1.29, 1.82) is 0 Å². The first-order chi connectivity index (χ1) is 35.7. The predicted molar refractivity (Wildman–Crippen MR) is 295 cm³/mol. The molecule has 20 nitrogen and oxygen atoms in total. The van der Waals surface area contributed by atoms with Gasteiger partial charge in [0.05, 0.1) is 26.4 Å². The largest absolute Gasteiger partial charge is 0.493 e. The molecule has 4 aromatic rings. The van der Waals surface area contributed by atoms with Crippen LogP contribution in [-0.4, -0.2) is 111 Å². The minimum Gasteiger partial charge on any atom is -0.493 e. The number of nitrogens with zero attached hydrogens (tertiary/aromatic N) is 2. The second kappa shape index (κ2) is 28.5. The fourth-order valence-corrected chi connectivity index (χ4v) is 6.68. The molecule has 416 valence electrons. The van der Waals surface area contributed by atoms with Gasteiger partial charge in [0, 0.05) is 38.1 Å². The second-order valence-electron chi connectivity index (χ2n) is 21.5. The lowest BCUT2D eigenvalue weighted by molar-refractivity contribution is 0.0521. The number of alkyl carbamates (subject to hydrolysis) is 4. The number of fused-ring (bicyclic) bond motifs is 1. The van der Waals surface area contributed by atoms with Crippen LogP contribution in [-0.2, 0) is 18.9 Å². The number of nitrogens with two attached hydrogens (primary N) is 2. The first-order valence-corrected chi connectivity index (χ1v) is 25.5. The summed E-state index contributed by atoms with van der Waals surface area (Å²) in [7, 11) is 0. The van der Waals surface area contributed by atoms with E-state index in [0.717, 1.165) is 33.0 Å². The molecule has 0 aromatic heterocycles. The highest BCUT2D eigenvalue weighted by atomic mass is 16.6. The van der Waals surface area contributed by atoms with Gasteiger partial charge in [0.25, 0.3) is 0 Å². The Morgan fingerprint density at radius 1 is 0.395 bits per heavy atom. The number of ether oxygens (including phenoxy) is 8. The lowest BCUT2D eigenvalue weighted by Crippen LogP contribution is -2.47. The monoisotopic (exact) mass is 1060 g/mol. The van der Waals surface area contributed by atoms with E-state index in [4.69, 9.17) is 49.4 Å². The predicted octanol–water partition coefficient (Wildman–Crippen LogP) is 9.98. The SMILES string of the molecule is CC(C)(C)OC(=O)NC(=NCCCOc1cc(OCCCN)cc(-c2ccc3ccc(-c4cc(OCCCN)cc(OCCCN=C(NC(=O)OC(C)(C)C)NC(=O)OC(C)(C)C)c4)cc3c2)c1)NC(=O)OC(C)(C)C. The number of rotatable bonds is 20. The van der Waals surface area contributed by atoms with Gasteiger partial charge in [-0.3, -0.25) is 31.3 Å². The summed E-state index contributed by atoms with van der Waals surface area (Å²) in [6, 6.07) is 23.9. The van der Waals surface area contributed by atoms with Gasteiger partial charge in [-0.25, -0.2) is 19.2 Å². The van der Waals surface area contributed by atoms with Crippen LogP contribution in [0.3, 0.4) is 0 Å². The number of amides is 4. The summed E-state index contributed by atoms with van der Waals surface area (Å²) in [6.07, 6.45) is -0.944. The molecule has 76 heavy (non-hydrogen) atoms. The molecule has 0 aliphatic heterocycles. The fourth-order valence-electron chi connectivity index (χ4n) is 6.68. The maximum atomic E-state index is 12.6. The molecular formula is C56H80N8O12. The Bertz CT molecular complexity index is 2390. The van der Waals surface area contributed by atoms with Crippen LogP contribution < -0.4 is 51.7 Å². The van der Waals surface area contributed by atoms with Crippen LogP contribution in [0.2, 0.25) is 0 Å². The molecule has 0 fully saturated rings. The number of carbonyl (C=O) groups excluding carboxylic acids is 4. The van der Waals surface area contributed by atoms with E-state index in [2.05, 4.69) is 55.5 Å². The van der Waals surface area contributed by atoms with Crippen molar-refractivity contribution in [1.82, 2.24) is 21.3 Å². The molecule has 4 aromatic carbocycles. The highest BCUT2D eigenvalue weighted by Gasteiger charge is 2.23. The zero-order valence-corrected chi connectivity index (χ0v) is 46.4. The Kier molecular flexibility index (Phi) is 23.0. The van der Waals surface area contributed by atoms with E-state index >= 15 is 0 Å². The van der Waals surface area contributed by atoms with Crippen molar-refractivity contribution < 1.29 is 57.1 Å². The summed E-state index contributed by atoms with van der Waals surface area (Å²) in [5, 5.41) is 12.0. The minimum absolute atomic E-state index is 0.116. The minimum atomic E-state index is -0.781. The molecule has 0 aliphatic carbocycles. The van der Waals surface area contributed by atoms with Gasteiger partial charge in [-0.15, -0.1) is 0 Å². The summed E-state index contributed by atoms with van der Waals surface area (Å²) in [4.78, 5) is 59.0. The molecule has 0 heterocycles. The lowest BCUT2D eigenvalue weighted by Gasteiger charge is -2.22. The first kappa shape index (κ1) is 61.2. The maximum absolute atomic E-state index is 12.6. The lowest BCUT2D eigenvalue weighted by atomic mass is 9.97. The fraction of sp³-hybridized carbons (Fsp3) is 0.500. The average Bonchev–Trinajstić information content (AvgIpc) is 3.28. The highest BCUT2D eigenvalue weighted by molar-refractivity contribution is 6.02. The van der Waals surface area contributed by atoms with Gasteiger partial charge in [0.2, 0.25) is 11.9 Å². The smallest absolute Gasteiger partial charge is 0.414 e. The molecule has 0 spiro atoms. The van der Waals surface area contributed by atoms with Crippen LogP contribution in [0.1, 0.15) is 109 Å². The molecule has 20 heteroatoms. The third-order valence-corrected chi connectivity index (χ3v) is 9.66. The van der Waals surface area contributed by atoms with E-state index in [1.807, 2.05) is 48.5 Å². The normalized spacial score (nSPS) is 11.6. The van der Waals surface area contributed by atoms with Crippen molar-refractivity contribution in [2.75, 3.05) is 52.6 Å². The van der Waals surface area contributed by atoms with Gasteiger partial charge < -0.3 is 49.4 Å². The maximum Gasteiger partial charge on any atom is 0.414 e. The molecule has 4 amide bonds. The third-order valence-electron chi connectivity index (χ3n) is 9.66. The quantitative estimate of drug-likeness (QED) is 0.0208. The molecular weight excluding hydrogens is 977 g/mol. The van der Waals surface area contributed by atoms with Crippen molar-refractivity contribution in [3.05, 3.63) is 72.8 Å². The topological polar surface area (TPSA) is 267 Å². The number of carbonyl (C=O) groups is 4. The number of nitrogens with one attached hydrogen (secondary N) is 4. The van der Waals surface area contributed by atoms with Crippen LogP contribution in [0.15, 0.2) is 82.8 Å². The average molecular weight is 1060 g/mol. The van der Waals surface area contributed by atoms with Crippen molar-refractivity contribution >= 4 is 47.1 Å². The molecule has 0 radical (unpaired) electrons. The number of aliphatic imine (C=N–C) groups is 2. The summed E-state index contributed by atoms with van der Waals surface area (Å²) in [6.45, 7) is 23.4. The number of hydrogen-bond donors (Lipinski definition) is 6. The first-order valence-electron chi connectivity index (χ1n) is 25.5. The van der Waals surface area contributed by atoms with Gasteiger partial charge in [-0.1, -0.05) is 24.3 Å². The number of guanidine groups is 2. The zero-order chi connectivity index (χ0) is 56.1. The molecule has 0 saturated carbocycles. The van der Waals surface area contributed by atoms with E-state index in [1.54, 1.807) is 83.1 Å². The van der Waals surface area contributed by atoms with Crippen molar-refractivity contribution in [3.8, 4) is 45.3 Å². The van der Waals surface area contributed by atoms with Crippen LogP contribution in [0.25, 0.3) is 33.0 Å². The van der Waals surface area contributed by atoms with Gasteiger partial charge >= 0.3 is 24.4 Å². The van der Waals surface area contributed by atoms with Crippen LogP contribution >= 0.6 is 0 Å². The molecule has 0 saturated heterocycles. The van der Waals surface area contributed by atoms with E-state index in [1.165, 1.54) is 0 Å². The van der Waals surface area contributed by atoms with Gasteiger partial charge in [-0.05, 0) is 178 Å². The summed E-state index contributed by atoms with van der Waals surface area (Å²) in [5.74, 6) is 2.13. The van der Waals surface area contributed by atoms with Crippen molar-refractivity contribution in [2.24, 2.45) is 21.5 Å².